The maximum atomic E-state index is 11.8. The average molecular weight is 499 g/mol. The lowest BCUT2D eigenvalue weighted by molar-refractivity contribution is -0.119. The number of sulfonamides is 1. The minimum absolute atomic E-state index is 0.0515. The zero-order valence-electron chi connectivity index (χ0n) is 20.1. The summed E-state index contributed by atoms with van der Waals surface area (Å²) in [5.41, 5.74) is 4.35. The van der Waals surface area contributed by atoms with Crippen LogP contribution in [0.15, 0.2) is 36.7 Å². The number of pyridine rings is 1. The van der Waals surface area contributed by atoms with Crippen molar-refractivity contribution < 1.29 is 17.9 Å². The van der Waals surface area contributed by atoms with Gasteiger partial charge in [-0.25, -0.2) is 18.4 Å². The van der Waals surface area contributed by atoms with Gasteiger partial charge < -0.3 is 19.5 Å². The predicted octanol–water partition coefficient (Wildman–Crippen LogP) is 1.62. The van der Waals surface area contributed by atoms with Crippen LogP contribution in [0, 0.1) is 5.92 Å². The summed E-state index contributed by atoms with van der Waals surface area (Å²) in [5, 5.41) is 2.87. The summed E-state index contributed by atoms with van der Waals surface area (Å²) in [6.45, 7) is 4.85. The maximum absolute atomic E-state index is 11.8. The van der Waals surface area contributed by atoms with Gasteiger partial charge in [0, 0.05) is 63.4 Å². The van der Waals surface area contributed by atoms with E-state index in [1.54, 1.807) is 6.33 Å². The van der Waals surface area contributed by atoms with Crippen LogP contribution in [-0.2, 0) is 21.9 Å². The van der Waals surface area contributed by atoms with E-state index in [4.69, 9.17) is 9.72 Å². The first kappa shape index (κ1) is 23.6. The van der Waals surface area contributed by atoms with Crippen LogP contribution in [0.2, 0.25) is 0 Å². The Morgan fingerprint density at radius 1 is 1.14 bits per heavy atom. The van der Waals surface area contributed by atoms with Gasteiger partial charge in [-0.15, -0.1) is 0 Å². The van der Waals surface area contributed by atoms with Crippen LogP contribution in [-0.4, -0.2) is 78.2 Å². The minimum atomic E-state index is -3.15. The third-order valence-electron chi connectivity index (χ3n) is 6.87. The molecule has 1 N–H and O–H groups in total. The summed E-state index contributed by atoms with van der Waals surface area (Å²) in [7, 11) is -1.24. The van der Waals surface area contributed by atoms with E-state index in [0.29, 0.717) is 45.0 Å². The van der Waals surface area contributed by atoms with Crippen LogP contribution >= 0.6 is 0 Å². The fourth-order valence-electron chi connectivity index (χ4n) is 4.72. The standard InChI is InChI=1S/C24H30N6O4S/c1-16(18-12-22(31)25-14-18)34-24-23-21(26-15-28(23)2)13-20(27-24)17-4-6-19(7-5-17)29-8-10-30(11-9-29)35(3,32)33/h4-7,13,15-16,18H,8-12,14H2,1-3H3,(H,25,31)/t16-,18?/m1/s1. The van der Waals surface area contributed by atoms with Gasteiger partial charge in [-0.1, -0.05) is 12.1 Å². The van der Waals surface area contributed by atoms with Crippen molar-refractivity contribution in [2.24, 2.45) is 13.0 Å². The Bertz CT molecular complexity index is 1350. The Balaban J connectivity index is 1.37. The first-order chi connectivity index (χ1) is 16.7. The van der Waals surface area contributed by atoms with Gasteiger partial charge >= 0.3 is 0 Å². The summed E-state index contributed by atoms with van der Waals surface area (Å²) >= 11 is 0. The fourth-order valence-corrected chi connectivity index (χ4v) is 5.55. The number of aryl methyl sites for hydroxylation is 1. The van der Waals surface area contributed by atoms with E-state index in [1.165, 1.54) is 10.6 Å². The SMILES string of the molecule is C[C@@H](Oc1nc(-c2ccc(N3CCN(S(C)(=O)=O)CC3)cc2)cc2ncn(C)c12)C1CNC(=O)C1. The number of hydrogen-bond acceptors (Lipinski definition) is 7. The number of aromatic nitrogens is 3. The molecule has 10 nitrogen and oxygen atoms in total. The number of imidazole rings is 1. The number of ether oxygens (including phenoxy) is 1. The van der Waals surface area contributed by atoms with Crippen molar-refractivity contribution in [3.8, 4) is 17.1 Å². The molecule has 4 heterocycles. The molecular formula is C24H30N6O4S. The number of hydrogen-bond donors (Lipinski definition) is 1. The topological polar surface area (TPSA) is 110 Å². The van der Waals surface area contributed by atoms with Crippen LogP contribution in [0.1, 0.15) is 13.3 Å². The number of fused-ring (bicyclic) bond motifs is 1. The molecule has 5 rings (SSSR count). The first-order valence-corrected chi connectivity index (χ1v) is 13.6. The van der Waals surface area contributed by atoms with E-state index in [-0.39, 0.29) is 17.9 Å². The molecule has 0 bridgehead atoms. The zero-order chi connectivity index (χ0) is 24.7. The van der Waals surface area contributed by atoms with Gasteiger partial charge in [-0.2, -0.15) is 4.31 Å². The monoisotopic (exact) mass is 498 g/mol. The summed E-state index contributed by atoms with van der Waals surface area (Å²) < 4.78 is 33.3. The summed E-state index contributed by atoms with van der Waals surface area (Å²) in [6, 6.07) is 10.1. The number of carbonyl (C=O) groups is 1. The third kappa shape index (κ3) is 4.83. The maximum Gasteiger partial charge on any atom is 0.241 e. The van der Waals surface area contributed by atoms with Gasteiger partial charge in [0.15, 0.2) is 0 Å². The van der Waals surface area contributed by atoms with Crippen molar-refractivity contribution in [2.75, 3.05) is 43.9 Å². The Morgan fingerprint density at radius 3 is 2.49 bits per heavy atom. The third-order valence-corrected chi connectivity index (χ3v) is 8.17. The highest BCUT2D eigenvalue weighted by molar-refractivity contribution is 7.88. The van der Waals surface area contributed by atoms with E-state index in [1.807, 2.05) is 48.9 Å². The molecular weight excluding hydrogens is 468 g/mol. The van der Waals surface area contributed by atoms with E-state index in [9.17, 15) is 13.2 Å². The summed E-state index contributed by atoms with van der Waals surface area (Å²) in [5.74, 6) is 0.652. The van der Waals surface area contributed by atoms with Gasteiger partial charge in [0.2, 0.25) is 21.8 Å². The molecule has 0 spiro atoms. The molecule has 1 aromatic carbocycles. The molecule has 3 aromatic rings. The van der Waals surface area contributed by atoms with Crippen molar-refractivity contribution in [1.82, 2.24) is 24.2 Å². The molecule has 2 aromatic heterocycles. The first-order valence-electron chi connectivity index (χ1n) is 11.7. The molecule has 2 aliphatic rings. The van der Waals surface area contributed by atoms with Gasteiger partial charge in [0.05, 0.1) is 23.8 Å². The molecule has 11 heteroatoms. The molecule has 2 saturated heterocycles. The molecule has 2 aliphatic heterocycles. The van der Waals surface area contributed by atoms with Gasteiger partial charge in [-0.3, -0.25) is 4.79 Å². The predicted molar refractivity (Wildman–Crippen MR) is 134 cm³/mol. The van der Waals surface area contributed by atoms with E-state index in [0.717, 1.165) is 28.0 Å². The molecule has 186 valence electrons. The van der Waals surface area contributed by atoms with Crippen LogP contribution in [0.3, 0.4) is 0 Å². The molecule has 1 amide bonds. The number of nitrogens with zero attached hydrogens (tertiary/aromatic N) is 5. The van der Waals surface area contributed by atoms with Crippen molar-refractivity contribution in [3.63, 3.8) is 0 Å². The lowest BCUT2D eigenvalue weighted by atomic mass is 10.0. The number of carbonyl (C=O) groups excluding carboxylic acids is 1. The second-order valence-corrected chi connectivity index (χ2v) is 11.3. The highest BCUT2D eigenvalue weighted by Crippen LogP contribution is 2.31. The Hall–Kier alpha value is -3.18. The summed E-state index contributed by atoms with van der Waals surface area (Å²) in [6.07, 6.45) is 3.28. The molecule has 35 heavy (non-hydrogen) atoms. The van der Waals surface area contributed by atoms with E-state index in [2.05, 4.69) is 15.2 Å². The molecule has 2 atom stereocenters. The van der Waals surface area contributed by atoms with Gasteiger partial charge in [0.1, 0.15) is 11.6 Å². The van der Waals surface area contributed by atoms with Gasteiger partial charge in [-0.05, 0) is 25.1 Å². The highest BCUT2D eigenvalue weighted by atomic mass is 32.2. The quantitative estimate of drug-likeness (QED) is 0.550. The summed E-state index contributed by atoms with van der Waals surface area (Å²) in [4.78, 5) is 23.2. The number of nitrogens with one attached hydrogen (secondary N) is 1. The number of amides is 1. The van der Waals surface area contributed by atoms with Crippen LogP contribution in [0.25, 0.3) is 22.3 Å². The molecule has 0 radical (unpaired) electrons. The fraction of sp³-hybridized carbons (Fsp3) is 0.458. The van der Waals surface area contributed by atoms with Crippen molar-refractivity contribution >= 4 is 32.7 Å². The second kappa shape index (κ2) is 9.12. The average Bonchev–Trinajstić information content (AvgIpc) is 3.44. The minimum Gasteiger partial charge on any atom is -0.473 e. The molecule has 0 saturated carbocycles. The zero-order valence-corrected chi connectivity index (χ0v) is 21.0. The number of benzene rings is 1. The number of rotatable bonds is 6. The highest BCUT2D eigenvalue weighted by Gasteiger charge is 2.29. The van der Waals surface area contributed by atoms with E-state index >= 15 is 0 Å². The van der Waals surface area contributed by atoms with Crippen LogP contribution in [0.4, 0.5) is 5.69 Å². The Morgan fingerprint density at radius 2 is 1.86 bits per heavy atom. The number of piperazine rings is 1. The molecule has 0 aliphatic carbocycles. The molecule has 1 unspecified atom stereocenters. The van der Waals surface area contributed by atoms with E-state index < -0.39 is 10.0 Å². The Kier molecular flexibility index (Phi) is 6.14. The number of anilines is 1. The molecule has 2 fully saturated rings. The van der Waals surface area contributed by atoms with Crippen molar-refractivity contribution in [3.05, 3.63) is 36.7 Å². The second-order valence-electron chi connectivity index (χ2n) is 9.32. The normalized spacial score (nSPS) is 20.3. The largest absolute Gasteiger partial charge is 0.473 e. The van der Waals surface area contributed by atoms with Gasteiger partial charge in [0.25, 0.3) is 0 Å². The smallest absolute Gasteiger partial charge is 0.241 e. The van der Waals surface area contributed by atoms with Crippen LogP contribution in [0.5, 0.6) is 5.88 Å². The van der Waals surface area contributed by atoms with Crippen LogP contribution < -0.4 is 15.0 Å². The Labute approximate surface area is 205 Å². The lowest BCUT2D eigenvalue weighted by Gasteiger charge is -2.34. The lowest BCUT2D eigenvalue weighted by Crippen LogP contribution is -2.48. The van der Waals surface area contributed by atoms with Crippen molar-refractivity contribution in [2.45, 2.75) is 19.4 Å². The van der Waals surface area contributed by atoms with Crippen molar-refractivity contribution in [1.29, 1.82) is 0 Å².